The second-order valence-electron chi connectivity index (χ2n) is 8.87. The number of thiophene rings is 1. The third kappa shape index (κ3) is 4.66. The molecule has 2 aliphatic rings. The Morgan fingerprint density at radius 3 is 2.63 bits per heavy atom. The van der Waals surface area contributed by atoms with Gasteiger partial charge < -0.3 is 14.8 Å². The summed E-state index contributed by atoms with van der Waals surface area (Å²) < 4.78 is 11.2. The number of ketones is 1. The highest BCUT2D eigenvalue weighted by Gasteiger charge is 2.41. The van der Waals surface area contributed by atoms with Crippen molar-refractivity contribution in [3.8, 4) is 5.75 Å². The minimum Gasteiger partial charge on any atom is -0.489 e. The largest absolute Gasteiger partial charge is 0.489 e. The molecule has 0 saturated heterocycles. The zero-order valence-corrected chi connectivity index (χ0v) is 20.6. The van der Waals surface area contributed by atoms with Gasteiger partial charge in [0.15, 0.2) is 5.78 Å². The molecule has 2 aromatic carbocycles. The molecule has 0 fully saturated rings. The molecule has 1 aliphatic carbocycles. The number of carbonyl (C=O) groups excluding carboxylic acids is 2. The van der Waals surface area contributed by atoms with Gasteiger partial charge in [-0.25, -0.2) is 4.79 Å². The Labute approximate surface area is 209 Å². The molecule has 5 rings (SSSR count). The van der Waals surface area contributed by atoms with Gasteiger partial charge in [-0.15, -0.1) is 11.3 Å². The van der Waals surface area contributed by atoms with E-state index in [9.17, 15) is 9.59 Å². The van der Waals surface area contributed by atoms with Crippen LogP contribution in [0.5, 0.6) is 5.75 Å². The van der Waals surface area contributed by atoms with Crippen molar-refractivity contribution in [3.05, 3.63) is 111 Å². The van der Waals surface area contributed by atoms with E-state index in [1.165, 1.54) is 12.0 Å². The first-order chi connectivity index (χ1) is 17.0. The van der Waals surface area contributed by atoms with Gasteiger partial charge in [0.05, 0.1) is 12.7 Å². The van der Waals surface area contributed by atoms with E-state index in [0.29, 0.717) is 29.9 Å². The average molecular weight is 486 g/mol. The standard InChI is InChI=1S/C29H27NO4S/c1-18-26(29(32)33-2)27(20-10-6-11-22(14-20)34-17-19-8-4-3-5-9-19)28-23(30-18)15-21(16-24(28)31)25-12-7-13-35-25/h3-14,21,27,30H,15-17H2,1-2H3/t21-,27+/m1/s1. The number of methoxy groups -OCH3 is 1. The normalized spacial score (nSPS) is 19.8. The van der Waals surface area contributed by atoms with Crippen LogP contribution in [0.1, 0.15) is 47.6 Å². The molecule has 6 heteroatoms. The van der Waals surface area contributed by atoms with E-state index < -0.39 is 11.9 Å². The lowest BCUT2D eigenvalue weighted by Gasteiger charge is -2.36. The Morgan fingerprint density at radius 2 is 1.89 bits per heavy atom. The lowest BCUT2D eigenvalue weighted by molar-refractivity contribution is -0.136. The maximum absolute atomic E-state index is 13.6. The summed E-state index contributed by atoms with van der Waals surface area (Å²) in [6.07, 6.45) is 1.16. The van der Waals surface area contributed by atoms with E-state index >= 15 is 0 Å². The maximum Gasteiger partial charge on any atom is 0.336 e. The summed E-state index contributed by atoms with van der Waals surface area (Å²) in [7, 11) is 1.37. The molecule has 0 amide bonds. The third-order valence-corrected chi connectivity index (χ3v) is 7.65. The van der Waals surface area contributed by atoms with Gasteiger partial charge in [-0.3, -0.25) is 4.79 Å². The number of ether oxygens (including phenoxy) is 2. The monoisotopic (exact) mass is 485 g/mol. The van der Waals surface area contributed by atoms with Crippen LogP contribution in [-0.4, -0.2) is 18.9 Å². The fourth-order valence-corrected chi connectivity index (χ4v) is 5.83. The van der Waals surface area contributed by atoms with Crippen molar-refractivity contribution in [3.63, 3.8) is 0 Å². The van der Waals surface area contributed by atoms with E-state index in [4.69, 9.17) is 9.47 Å². The number of rotatable bonds is 6. The average Bonchev–Trinajstić information content (AvgIpc) is 3.42. The van der Waals surface area contributed by atoms with Crippen LogP contribution in [0.4, 0.5) is 0 Å². The minimum absolute atomic E-state index is 0.0617. The number of hydrogen-bond donors (Lipinski definition) is 1. The molecule has 1 N–H and O–H groups in total. The predicted octanol–water partition coefficient (Wildman–Crippen LogP) is 5.86. The number of nitrogens with one attached hydrogen (secondary N) is 1. The van der Waals surface area contributed by atoms with Crippen molar-refractivity contribution in [2.45, 2.75) is 38.2 Å². The van der Waals surface area contributed by atoms with Gasteiger partial charge in [-0.2, -0.15) is 0 Å². The van der Waals surface area contributed by atoms with E-state index in [2.05, 4.69) is 11.4 Å². The first kappa shape index (κ1) is 23.1. The quantitative estimate of drug-likeness (QED) is 0.443. The summed E-state index contributed by atoms with van der Waals surface area (Å²) in [5, 5.41) is 5.42. The Morgan fingerprint density at radius 1 is 1.06 bits per heavy atom. The Hall–Kier alpha value is -3.64. The van der Waals surface area contributed by atoms with Crippen molar-refractivity contribution in [1.82, 2.24) is 5.32 Å². The van der Waals surface area contributed by atoms with Gasteiger partial charge in [-0.1, -0.05) is 48.5 Å². The van der Waals surface area contributed by atoms with Crippen LogP contribution in [0.15, 0.2) is 94.7 Å². The molecule has 35 heavy (non-hydrogen) atoms. The van der Waals surface area contributed by atoms with Crippen molar-refractivity contribution < 1.29 is 19.1 Å². The van der Waals surface area contributed by atoms with Crippen molar-refractivity contribution in [1.29, 1.82) is 0 Å². The van der Waals surface area contributed by atoms with Gasteiger partial charge in [-0.05, 0) is 48.1 Å². The fourth-order valence-electron chi connectivity index (χ4n) is 5.00. The van der Waals surface area contributed by atoms with Crippen molar-refractivity contribution in [2.24, 2.45) is 0 Å². The van der Waals surface area contributed by atoms with Crippen LogP contribution in [0.25, 0.3) is 0 Å². The summed E-state index contributed by atoms with van der Waals surface area (Å²) in [4.78, 5) is 27.7. The molecule has 2 heterocycles. The molecule has 0 saturated carbocycles. The summed E-state index contributed by atoms with van der Waals surface area (Å²) in [5.41, 5.74) is 4.64. The van der Waals surface area contributed by atoms with Gasteiger partial charge >= 0.3 is 5.97 Å². The van der Waals surface area contributed by atoms with Crippen molar-refractivity contribution >= 4 is 23.1 Å². The molecule has 5 nitrogen and oxygen atoms in total. The highest BCUT2D eigenvalue weighted by molar-refractivity contribution is 7.10. The number of esters is 1. The molecule has 0 bridgehead atoms. The Balaban J connectivity index is 1.52. The number of carbonyl (C=O) groups is 2. The smallest absolute Gasteiger partial charge is 0.336 e. The molecular formula is C29H27NO4S. The topological polar surface area (TPSA) is 64.6 Å². The number of hydrogen-bond acceptors (Lipinski definition) is 6. The van der Waals surface area contributed by atoms with Crippen LogP contribution >= 0.6 is 11.3 Å². The summed E-state index contributed by atoms with van der Waals surface area (Å²) in [6.45, 7) is 2.31. The molecular weight excluding hydrogens is 458 g/mol. The number of benzene rings is 2. The molecule has 0 unspecified atom stereocenters. The van der Waals surface area contributed by atoms with E-state index in [1.54, 1.807) is 11.3 Å². The Bertz CT molecular complexity index is 1310. The highest BCUT2D eigenvalue weighted by Crippen LogP contribution is 2.46. The summed E-state index contributed by atoms with van der Waals surface area (Å²) in [5.74, 6) is -0.0474. The third-order valence-electron chi connectivity index (χ3n) is 6.62. The van der Waals surface area contributed by atoms with Crippen LogP contribution in [0.2, 0.25) is 0 Å². The number of allylic oxidation sites excluding steroid dienone is 3. The SMILES string of the molecule is COC(=O)C1=C(C)NC2=C(C(=O)C[C@H](c3cccs3)C2)[C@H]1c1cccc(OCc2ccccc2)c1. The summed E-state index contributed by atoms with van der Waals surface area (Å²) in [6, 6.07) is 21.7. The first-order valence-corrected chi connectivity index (χ1v) is 12.6. The summed E-state index contributed by atoms with van der Waals surface area (Å²) >= 11 is 1.68. The van der Waals surface area contributed by atoms with Gasteiger partial charge in [0.1, 0.15) is 12.4 Å². The van der Waals surface area contributed by atoms with E-state index in [1.807, 2.05) is 73.0 Å². The predicted molar refractivity (Wildman–Crippen MR) is 136 cm³/mol. The number of Topliss-reactive ketones (excluding diaryl/α,β-unsaturated/α-hetero) is 1. The van der Waals surface area contributed by atoms with Crippen LogP contribution < -0.4 is 10.1 Å². The second-order valence-corrected chi connectivity index (χ2v) is 9.85. The maximum atomic E-state index is 13.6. The lowest BCUT2D eigenvalue weighted by Crippen LogP contribution is -2.35. The van der Waals surface area contributed by atoms with Gasteiger partial charge in [0.25, 0.3) is 0 Å². The van der Waals surface area contributed by atoms with Crippen LogP contribution in [-0.2, 0) is 20.9 Å². The molecule has 1 aromatic heterocycles. The fraction of sp³-hybridized carbons (Fsp3) is 0.241. The second kappa shape index (κ2) is 9.92. The molecule has 3 aromatic rings. The van der Waals surface area contributed by atoms with E-state index in [0.717, 1.165) is 28.9 Å². The molecule has 178 valence electrons. The van der Waals surface area contributed by atoms with Crippen LogP contribution in [0.3, 0.4) is 0 Å². The molecule has 0 radical (unpaired) electrons. The highest BCUT2D eigenvalue weighted by atomic mass is 32.1. The van der Waals surface area contributed by atoms with Crippen LogP contribution in [0, 0.1) is 0 Å². The van der Waals surface area contributed by atoms with Crippen molar-refractivity contribution in [2.75, 3.05) is 7.11 Å². The zero-order chi connectivity index (χ0) is 24.4. The zero-order valence-electron chi connectivity index (χ0n) is 19.7. The minimum atomic E-state index is -0.504. The molecule has 0 spiro atoms. The van der Waals surface area contributed by atoms with E-state index in [-0.39, 0.29) is 11.7 Å². The van der Waals surface area contributed by atoms with Gasteiger partial charge in [0.2, 0.25) is 0 Å². The Kier molecular flexibility index (Phi) is 6.55. The first-order valence-electron chi connectivity index (χ1n) is 11.7. The number of dihydropyridines is 1. The lowest BCUT2D eigenvalue weighted by atomic mass is 9.72. The van der Waals surface area contributed by atoms with Gasteiger partial charge in [0, 0.05) is 40.1 Å². The molecule has 2 atom stereocenters. The molecule has 1 aliphatic heterocycles.